The number of aromatic nitrogens is 1. The molecule has 0 atom stereocenters. The van der Waals surface area contributed by atoms with Crippen molar-refractivity contribution in [1.82, 2.24) is 4.57 Å². The summed E-state index contributed by atoms with van der Waals surface area (Å²) in [5.41, 5.74) is 1.20. The van der Waals surface area contributed by atoms with Crippen LogP contribution in [0.25, 0.3) is 0 Å². The van der Waals surface area contributed by atoms with Gasteiger partial charge in [-0.25, -0.2) is 4.79 Å². The predicted octanol–water partition coefficient (Wildman–Crippen LogP) is 5.10. The number of aryl methyl sites for hydroxylation is 1. The van der Waals surface area contributed by atoms with E-state index >= 15 is 0 Å². The van der Waals surface area contributed by atoms with Crippen molar-refractivity contribution < 1.29 is 14.0 Å². The highest BCUT2D eigenvalue weighted by Gasteiger charge is 2.37. The van der Waals surface area contributed by atoms with Gasteiger partial charge in [0, 0.05) is 5.69 Å². The fourth-order valence-electron chi connectivity index (χ4n) is 1.74. The Bertz CT molecular complexity index is 533. The van der Waals surface area contributed by atoms with Gasteiger partial charge in [-0.2, -0.15) is 0 Å². The van der Waals surface area contributed by atoms with E-state index in [0.29, 0.717) is 6.61 Å². The molecule has 0 fully saturated rings. The number of carbonyl (C=O) groups excluding carboxylic acids is 1. The molecule has 1 aromatic heterocycles. The summed E-state index contributed by atoms with van der Waals surface area (Å²) >= 11 is 0. The SMILES string of the molecule is Cc1ccc(CO[Si](C)(C)C(C)(C)C)n1C(=O)OC(C)(C)C. The first-order valence-electron chi connectivity index (χ1n) is 7.79. The first-order valence-corrected chi connectivity index (χ1v) is 10.7. The van der Waals surface area contributed by atoms with Gasteiger partial charge in [-0.15, -0.1) is 0 Å². The molecule has 5 heteroatoms. The van der Waals surface area contributed by atoms with Crippen molar-refractivity contribution in [1.29, 1.82) is 0 Å². The number of rotatable bonds is 3. The second-order valence-electron chi connectivity index (χ2n) is 8.33. The van der Waals surface area contributed by atoms with Gasteiger partial charge in [-0.1, -0.05) is 20.8 Å². The summed E-state index contributed by atoms with van der Waals surface area (Å²) in [6.07, 6.45) is -0.344. The minimum absolute atomic E-state index is 0.144. The maximum absolute atomic E-state index is 12.4. The summed E-state index contributed by atoms with van der Waals surface area (Å²) in [6, 6.07) is 3.86. The average Bonchev–Trinajstić information content (AvgIpc) is 2.64. The Morgan fingerprint density at radius 1 is 1.14 bits per heavy atom. The van der Waals surface area contributed by atoms with Crippen LogP contribution in [0.5, 0.6) is 0 Å². The van der Waals surface area contributed by atoms with Gasteiger partial charge in [0.05, 0.1) is 12.3 Å². The zero-order chi connectivity index (χ0) is 17.3. The smallest absolute Gasteiger partial charge is 0.419 e. The summed E-state index contributed by atoms with van der Waals surface area (Å²) < 4.78 is 13.3. The lowest BCUT2D eigenvalue weighted by atomic mass is 10.2. The third-order valence-electron chi connectivity index (χ3n) is 4.12. The molecule has 0 aliphatic rings. The summed E-state index contributed by atoms with van der Waals surface area (Å²) in [4.78, 5) is 12.4. The standard InChI is InChI=1S/C17H31NO3Si/c1-13-10-11-14(12-20-22(8,9)17(5,6)7)18(13)15(19)21-16(2,3)4/h10-11H,12H2,1-9H3. The first-order chi connectivity index (χ1) is 9.74. The molecule has 0 aromatic carbocycles. The summed E-state index contributed by atoms with van der Waals surface area (Å²) in [5, 5.41) is 0.144. The highest BCUT2D eigenvalue weighted by molar-refractivity contribution is 6.74. The molecule has 0 saturated carbocycles. The van der Waals surface area contributed by atoms with Crippen molar-refractivity contribution in [2.24, 2.45) is 0 Å². The Morgan fingerprint density at radius 2 is 1.68 bits per heavy atom. The van der Waals surface area contributed by atoms with Gasteiger partial charge in [0.15, 0.2) is 8.32 Å². The first kappa shape index (κ1) is 19.0. The van der Waals surface area contributed by atoms with Crippen molar-refractivity contribution in [3.05, 3.63) is 23.5 Å². The van der Waals surface area contributed by atoms with Crippen LogP contribution in [0.2, 0.25) is 18.1 Å². The van der Waals surface area contributed by atoms with Gasteiger partial charge < -0.3 is 9.16 Å². The van der Waals surface area contributed by atoms with Crippen LogP contribution in [0.1, 0.15) is 52.9 Å². The van der Waals surface area contributed by atoms with E-state index in [1.807, 2.05) is 39.8 Å². The largest absolute Gasteiger partial charge is 0.443 e. The number of hydrogen-bond donors (Lipinski definition) is 0. The van der Waals surface area contributed by atoms with Crippen molar-refractivity contribution in [2.45, 2.75) is 78.8 Å². The molecule has 0 radical (unpaired) electrons. The van der Waals surface area contributed by atoms with E-state index in [1.165, 1.54) is 0 Å². The molecule has 1 rings (SSSR count). The van der Waals surface area contributed by atoms with Crippen molar-refractivity contribution in [3.8, 4) is 0 Å². The van der Waals surface area contributed by atoms with E-state index in [0.717, 1.165) is 11.4 Å². The van der Waals surface area contributed by atoms with Crippen LogP contribution in [-0.4, -0.2) is 24.6 Å². The molecule has 4 nitrogen and oxygen atoms in total. The Hall–Kier alpha value is -1.07. The Morgan fingerprint density at radius 3 is 2.14 bits per heavy atom. The lowest BCUT2D eigenvalue weighted by Gasteiger charge is -2.36. The molecule has 0 unspecified atom stereocenters. The fourth-order valence-corrected chi connectivity index (χ4v) is 2.69. The predicted molar refractivity (Wildman–Crippen MR) is 92.8 cm³/mol. The molecule has 0 amide bonds. The molecule has 0 aliphatic carbocycles. The number of carbonyl (C=O) groups is 1. The van der Waals surface area contributed by atoms with Crippen LogP contribution < -0.4 is 0 Å². The molecule has 0 bridgehead atoms. The molecule has 126 valence electrons. The number of hydrogen-bond acceptors (Lipinski definition) is 3. The van der Waals surface area contributed by atoms with E-state index in [1.54, 1.807) is 4.57 Å². The highest BCUT2D eigenvalue weighted by Crippen LogP contribution is 2.37. The van der Waals surface area contributed by atoms with Gasteiger partial charge >= 0.3 is 6.09 Å². The Balaban J connectivity index is 2.93. The van der Waals surface area contributed by atoms with Crippen molar-refractivity contribution >= 4 is 14.4 Å². The van der Waals surface area contributed by atoms with Crippen LogP contribution in [0, 0.1) is 6.92 Å². The van der Waals surface area contributed by atoms with Gasteiger partial charge in [-0.05, 0) is 58.0 Å². The number of nitrogens with zero attached hydrogens (tertiary/aromatic N) is 1. The average molecular weight is 326 g/mol. The van der Waals surface area contributed by atoms with Gasteiger partial charge in [0.2, 0.25) is 0 Å². The van der Waals surface area contributed by atoms with Crippen LogP contribution in [0.15, 0.2) is 12.1 Å². The molecule has 0 saturated heterocycles. The van der Waals surface area contributed by atoms with Crippen LogP contribution in [0.4, 0.5) is 4.79 Å². The molecule has 0 aliphatic heterocycles. The minimum atomic E-state index is -1.85. The third kappa shape index (κ3) is 4.71. The summed E-state index contributed by atoms with van der Waals surface area (Å²) in [6.45, 7) is 19.0. The second-order valence-corrected chi connectivity index (χ2v) is 13.1. The van der Waals surface area contributed by atoms with E-state index in [2.05, 4.69) is 33.9 Å². The molecule has 22 heavy (non-hydrogen) atoms. The van der Waals surface area contributed by atoms with E-state index < -0.39 is 13.9 Å². The lowest BCUT2D eigenvalue weighted by molar-refractivity contribution is 0.0523. The second kappa shape index (κ2) is 6.20. The number of ether oxygens (including phenoxy) is 1. The summed E-state index contributed by atoms with van der Waals surface area (Å²) in [5.74, 6) is 0. The Labute approximate surface area is 135 Å². The third-order valence-corrected chi connectivity index (χ3v) is 8.60. The Kier molecular flexibility index (Phi) is 5.35. The van der Waals surface area contributed by atoms with Gasteiger partial charge in [0.1, 0.15) is 5.60 Å². The summed E-state index contributed by atoms with van der Waals surface area (Å²) in [7, 11) is -1.85. The van der Waals surface area contributed by atoms with Gasteiger partial charge in [0.25, 0.3) is 0 Å². The van der Waals surface area contributed by atoms with Crippen molar-refractivity contribution in [3.63, 3.8) is 0 Å². The van der Waals surface area contributed by atoms with E-state index in [9.17, 15) is 4.79 Å². The monoisotopic (exact) mass is 325 g/mol. The van der Waals surface area contributed by atoms with E-state index in [4.69, 9.17) is 9.16 Å². The van der Waals surface area contributed by atoms with Crippen LogP contribution in [-0.2, 0) is 15.8 Å². The normalized spacial score (nSPS) is 13.3. The molecule has 0 N–H and O–H groups in total. The van der Waals surface area contributed by atoms with E-state index in [-0.39, 0.29) is 11.1 Å². The van der Waals surface area contributed by atoms with Crippen LogP contribution >= 0.6 is 0 Å². The zero-order valence-corrected chi connectivity index (χ0v) is 16.5. The van der Waals surface area contributed by atoms with Gasteiger partial charge in [-0.3, -0.25) is 4.57 Å². The molecular formula is C17H31NO3Si. The molecule has 1 aromatic rings. The molecular weight excluding hydrogens is 294 g/mol. The lowest BCUT2D eigenvalue weighted by Crippen LogP contribution is -2.40. The fraction of sp³-hybridized carbons (Fsp3) is 0.706. The molecule has 1 heterocycles. The van der Waals surface area contributed by atoms with Crippen LogP contribution in [0.3, 0.4) is 0 Å². The maximum atomic E-state index is 12.4. The zero-order valence-electron chi connectivity index (χ0n) is 15.5. The molecule has 0 spiro atoms. The minimum Gasteiger partial charge on any atom is -0.443 e. The highest BCUT2D eigenvalue weighted by atomic mass is 28.4. The maximum Gasteiger partial charge on any atom is 0.419 e. The topological polar surface area (TPSA) is 40.5 Å². The quantitative estimate of drug-likeness (QED) is 0.726. The van der Waals surface area contributed by atoms with Crippen molar-refractivity contribution in [2.75, 3.05) is 0 Å².